The Labute approximate surface area is 125 Å². The van der Waals surface area contributed by atoms with E-state index in [-0.39, 0.29) is 17.4 Å². The minimum Gasteiger partial charge on any atom is -0.480 e. The number of carboxylic acid groups (broad SMARTS) is 1. The quantitative estimate of drug-likeness (QED) is 0.658. The van der Waals surface area contributed by atoms with Gasteiger partial charge in [0.15, 0.2) is 0 Å². The maximum Gasteiger partial charge on any atom is 0.318 e. The molecule has 9 nitrogen and oxygen atoms in total. The molecule has 0 unspecified atom stereocenters. The number of sulfonamides is 2. The van der Waals surface area contributed by atoms with E-state index >= 15 is 0 Å². The molecule has 1 heterocycles. The van der Waals surface area contributed by atoms with Crippen LogP contribution in [0.15, 0.2) is 21.9 Å². The number of aliphatic carboxylic acids is 1. The van der Waals surface area contributed by atoms with E-state index in [1.807, 2.05) is 0 Å². The van der Waals surface area contributed by atoms with Crippen molar-refractivity contribution < 1.29 is 26.7 Å². The van der Waals surface area contributed by atoms with E-state index in [1.54, 1.807) is 0 Å². The maximum atomic E-state index is 12.3. The van der Waals surface area contributed by atoms with Crippen molar-refractivity contribution in [3.8, 4) is 0 Å². The molecule has 0 amide bonds. The molecule has 0 spiro atoms. The van der Waals surface area contributed by atoms with Crippen LogP contribution in [-0.2, 0) is 24.8 Å². The van der Waals surface area contributed by atoms with Gasteiger partial charge in [-0.3, -0.25) is 4.79 Å². The van der Waals surface area contributed by atoms with Gasteiger partial charge in [-0.1, -0.05) is 11.6 Å². The third kappa shape index (κ3) is 2.96. The van der Waals surface area contributed by atoms with Crippen molar-refractivity contribution in [2.75, 3.05) is 18.5 Å². The van der Waals surface area contributed by atoms with Crippen molar-refractivity contribution in [2.45, 2.75) is 9.79 Å². The fourth-order valence-electron chi connectivity index (χ4n) is 1.79. The van der Waals surface area contributed by atoms with Gasteiger partial charge in [-0.05, 0) is 12.1 Å². The molecule has 0 saturated carbocycles. The van der Waals surface area contributed by atoms with Crippen molar-refractivity contribution in [2.24, 2.45) is 5.14 Å². The van der Waals surface area contributed by atoms with Crippen LogP contribution in [0.4, 0.5) is 5.69 Å². The molecule has 0 bridgehead atoms. The van der Waals surface area contributed by atoms with Gasteiger partial charge in [0.2, 0.25) is 20.0 Å². The molecule has 1 aromatic rings. The lowest BCUT2D eigenvalue weighted by molar-refractivity contribution is -0.137. The molecule has 1 aliphatic rings. The fraction of sp³-hybridized carbons (Fsp3) is 0.222. The van der Waals surface area contributed by atoms with Crippen molar-refractivity contribution in [1.29, 1.82) is 0 Å². The number of hydrogen-bond acceptors (Lipinski definition) is 6. The van der Waals surface area contributed by atoms with Gasteiger partial charge < -0.3 is 10.4 Å². The van der Waals surface area contributed by atoms with Crippen LogP contribution >= 0.6 is 11.6 Å². The first-order valence-corrected chi connectivity index (χ1v) is 8.72. The second kappa shape index (κ2) is 5.10. The van der Waals surface area contributed by atoms with E-state index in [4.69, 9.17) is 21.8 Å². The van der Waals surface area contributed by atoms with Gasteiger partial charge in [0.05, 0.1) is 17.4 Å². The van der Waals surface area contributed by atoms with E-state index in [0.717, 1.165) is 12.1 Å². The maximum absolute atomic E-state index is 12.3. The second-order valence-electron chi connectivity index (χ2n) is 4.17. The molecule has 12 heteroatoms. The third-order valence-electron chi connectivity index (χ3n) is 2.72. The first-order valence-electron chi connectivity index (χ1n) is 5.35. The average molecular weight is 356 g/mol. The molecule has 0 radical (unpaired) electrons. The number of nitrogens with zero attached hydrogens (tertiary/aromatic N) is 1. The lowest BCUT2D eigenvalue weighted by atomic mass is 10.3. The van der Waals surface area contributed by atoms with E-state index < -0.39 is 42.4 Å². The summed E-state index contributed by atoms with van der Waals surface area (Å²) in [7, 11) is -8.38. The smallest absolute Gasteiger partial charge is 0.318 e. The molecule has 4 N–H and O–H groups in total. The molecule has 1 aliphatic heterocycles. The summed E-state index contributed by atoms with van der Waals surface area (Å²) in [6.07, 6.45) is 0. The number of hydrogen-bond donors (Lipinski definition) is 3. The Morgan fingerprint density at radius 3 is 2.62 bits per heavy atom. The zero-order valence-corrected chi connectivity index (χ0v) is 12.7. The number of halogens is 1. The van der Waals surface area contributed by atoms with Crippen molar-refractivity contribution in [1.82, 2.24) is 4.31 Å². The van der Waals surface area contributed by atoms with Crippen molar-refractivity contribution in [3.63, 3.8) is 0 Å². The second-order valence-corrected chi connectivity index (χ2v) is 8.01. The van der Waals surface area contributed by atoms with E-state index in [0.29, 0.717) is 4.31 Å². The van der Waals surface area contributed by atoms with Crippen LogP contribution in [-0.4, -0.2) is 45.4 Å². The predicted molar refractivity (Wildman–Crippen MR) is 72.8 cm³/mol. The highest BCUT2D eigenvalue weighted by Gasteiger charge is 2.34. The molecular formula is C9H10ClN3O6S2. The van der Waals surface area contributed by atoms with E-state index in [9.17, 15) is 21.6 Å². The zero-order chi connectivity index (χ0) is 16.0. The molecule has 0 aromatic heterocycles. The van der Waals surface area contributed by atoms with Crippen LogP contribution in [0.5, 0.6) is 0 Å². The largest absolute Gasteiger partial charge is 0.480 e. The first-order chi connectivity index (χ1) is 9.53. The van der Waals surface area contributed by atoms with Crippen LogP contribution in [0.3, 0.4) is 0 Å². The standard InChI is InChI=1S/C9H10ClN3O6S2/c10-5-1-6-8(2-7(5)20(11,16)17)21(18,19)13(4-12-6)3-9(14)15/h1-2,12H,3-4H2,(H,14,15)(H2,11,16,17). The molecule has 0 fully saturated rings. The number of carbonyl (C=O) groups is 1. The number of benzene rings is 1. The fourth-order valence-corrected chi connectivity index (χ4v) is 4.44. The van der Waals surface area contributed by atoms with Crippen LogP contribution in [0.2, 0.25) is 5.02 Å². The van der Waals surface area contributed by atoms with Gasteiger partial charge in [-0.2, -0.15) is 4.31 Å². The minimum absolute atomic E-state index is 0.0778. The summed E-state index contributed by atoms with van der Waals surface area (Å²) >= 11 is 5.76. The summed E-state index contributed by atoms with van der Waals surface area (Å²) < 4.78 is 48.0. The Hall–Kier alpha value is -1.40. The van der Waals surface area contributed by atoms with Gasteiger partial charge in [-0.15, -0.1) is 0 Å². The third-order valence-corrected chi connectivity index (χ3v) is 5.92. The molecular weight excluding hydrogens is 346 g/mol. The number of anilines is 1. The van der Waals surface area contributed by atoms with Crippen molar-refractivity contribution in [3.05, 3.63) is 17.2 Å². The number of carboxylic acids is 1. The number of rotatable bonds is 3. The topological polar surface area (TPSA) is 147 Å². The number of fused-ring (bicyclic) bond motifs is 1. The highest BCUT2D eigenvalue weighted by Crippen LogP contribution is 2.35. The number of nitrogens with one attached hydrogen (secondary N) is 1. The minimum atomic E-state index is -4.22. The van der Waals surface area contributed by atoms with Crippen LogP contribution < -0.4 is 10.5 Å². The molecule has 2 rings (SSSR count). The Morgan fingerprint density at radius 2 is 2.10 bits per heavy atom. The molecule has 21 heavy (non-hydrogen) atoms. The van der Waals surface area contributed by atoms with Gasteiger partial charge in [-0.25, -0.2) is 22.0 Å². The van der Waals surface area contributed by atoms with Gasteiger partial charge in [0, 0.05) is 0 Å². The van der Waals surface area contributed by atoms with Gasteiger partial charge in [0.1, 0.15) is 16.3 Å². The summed E-state index contributed by atoms with van der Waals surface area (Å²) in [6.45, 7) is -1.03. The summed E-state index contributed by atoms with van der Waals surface area (Å²) in [5.41, 5.74) is 0.0778. The zero-order valence-electron chi connectivity index (χ0n) is 10.3. The van der Waals surface area contributed by atoms with Gasteiger partial charge >= 0.3 is 5.97 Å². The monoisotopic (exact) mass is 355 g/mol. The summed E-state index contributed by atoms with van der Waals surface area (Å²) in [6, 6.07) is 1.93. The Morgan fingerprint density at radius 1 is 1.48 bits per heavy atom. The average Bonchev–Trinajstić information content (AvgIpc) is 2.30. The lowest BCUT2D eigenvalue weighted by Crippen LogP contribution is -2.42. The predicted octanol–water partition coefficient (Wildman–Crippen LogP) is -0.554. The summed E-state index contributed by atoms with van der Waals surface area (Å²) in [4.78, 5) is 9.73. The molecule has 0 atom stereocenters. The number of primary sulfonamides is 1. The molecule has 1 aromatic carbocycles. The molecule has 0 saturated heterocycles. The Kier molecular flexibility index (Phi) is 3.88. The molecule has 0 aliphatic carbocycles. The lowest BCUT2D eigenvalue weighted by Gasteiger charge is -2.28. The summed E-state index contributed by atoms with van der Waals surface area (Å²) in [5, 5.41) is 16.1. The van der Waals surface area contributed by atoms with Crippen LogP contribution in [0.25, 0.3) is 0 Å². The van der Waals surface area contributed by atoms with E-state index in [2.05, 4.69) is 5.32 Å². The summed E-state index contributed by atoms with van der Waals surface area (Å²) in [5.74, 6) is -1.34. The number of nitrogens with two attached hydrogens (primary N) is 1. The SMILES string of the molecule is NS(=O)(=O)c1cc2c(cc1Cl)NCN(CC(=O)O)S2(=O)=O. The Bertz CT molecular complexity index is 820. The van der Waals surface area contributed by atoms with Crippen LogP contribution in [0.1, 0.15) is 0 Å². The first kappa shape index (κ1) is 16.0. The van der Waals surface area contributed by atoms with Gasteiger partial charge in [0.25, 0.3) is 0 Å². The molecule has 116 valence electrons. The highest BCUT2D eigenvalue weighted by molar-refractivity contribution is 7.90. The van der Waals surface area contributed by atoms with E-state index in [1.165, 1.54) is 0 Å². The normalized spacial score (nSPS) is 17.8. The van der Waals surface area contributed by atoms with Crippen molar-refractivity contribution >= 4 is 43.3 Å². The van der Waals surface area contributed by atoms with Crippen LogP contribution in [0, 0.1) is 0 Å². The Balaban J connectivity index is 2.64. The highest BCUT2D eigenvalue weighted by atomic mass is 35.5.